The standard InChI is InChI=1S/C16H21N5.C2H6/c1-4-6-8-15(19-11-7-5-2)14(3)9-10-16(17)21-13-18-12-20-21;1-2/h4,6-13,17,19H,3,5H2,1-2H3;1-2H3/b6-4+,10-9-,11-7+,15-8-,17-16?;. The molecule has 5 heteroatoms. The highest BCUT2D eigenvalue weighted by atomic mass is 15.3. The fraction of sp³-hybridized carbons (Fsp3) is 0.278. The van der Waals surface area contributed by atoms with Gasteiger partial charge in [-0.3, -0.25) is 5.41 Å². The Bertz CT molecular complexity index is 575. The Morgan fingerprint density at radius 1 is 1.35 bits per heavy atom. The SMILES string of the molecule is C=C(/C=C\C(=N)n1cncn1)/C(=C/C=C/C)N/C=C/CC.CC. The van der Waals surface area contributed by atoms with E-state index < -0.39 is 0 Å². The van der Waals surface area contributed by atoms with E-state index in [9.17, 15) is 0 Å². The van der Waals surface area contributed by atoms with Gasteiger partial charge >= 0.3 is 0 Å². The third kappa shape index (κ3) is 8.36. The first-order valence-electron chi connectivity index (χ1n) is 7.74. The molecule has 0 fully saturated rings. The smallest absolute Gasteiger partial charge is 0.147 e. The van der Waals surface area contributed by atoms with Gasteiger partial charge in [0, 0.05) is 5.70 Å². The van der Waals surface area contributed by atoms with Crippen molar-refractivity contribution in [3.05, 3.63) is 73.2 Å². The van der Waals surface area contributed by atoms with E-state index in [0.717, 1.165) is 17.7 Å². The Morgan fingerprint density at radius 2 is 2.09 bits per heavy atom. The molecule has 1 rings (SSSR count). The van der Waals surface area contributed by atoms with Crippen molar-refractivity contribution >= 4 is 5.84 Å². The summed E-state index contributed by atoms with van der Waals surface area (Å²) in [6, 6.07) is 0. The van der Waals surface area contributed by atoms with Crippen LogP contribution in [0.3, 0.4) is 0 Å². The molecule has 0 aliphatic heterocycles. The molecule has 23 heavy (non-hydrogen) atoms. The van der Waals surface area contributed by atoms with Crippen molar-refractivity contribution < 1.29 is 0 Å². The fourth-order valence-electron chi connectivity index (χ4n) is 1.39. The number of nitrogens with one attached hydrogen (secondary N) is 2. The molecule has 0 saturated carbocycles. The molecule has 0 unspecified atom stereocenters. The molecule has 0 atom stereocenters. The fourth-order valence-corrected chi connectivity index (χ4v) is 1.39. The third-order valence-corrected chi connectivity index (χ3v) is 2.50. The molecule has 0 spiro atoms. The summed E-state index contributed by atoms with van der Waals surface area (Å²) in [5, 5.41) is 14.9. The highest BCUT2D eigenvalue weighted by Crippen LogP contribution is 2.07. The van der Waals surface area contributed by atoms with Crippen LogP contribution in [0.25, 0.3) is 0 Å². The summed E-state index contributed by atoms with van der Waals surface area (Å²) in [7, 11) is 0. The Morgan fingerprint density at radius 3 is 2.65 bits per heavy atom. The van der Waals surface area contributed by atoms with Crippen LogP contribution in [-0.2, 0) is 0 Å². The monoisotopic (exact) mass is 313 g/mol. The normalized spacial score (nSPS) is 11.7. The van der Waals surface area contributed by atoms with Crippen molar-refractivity contribution in [3.63, 3.8) is 0 Å². The van der Waals surface area contributed by atoms with Gasteiger partial charge in [-0.15, -0.1) is 0 Å². The molecule has 0 aliphatic carbocycles. The highest BCUT2D eigenvalue weighted by Gasteiger charge is 1.99. The largest absolute Gasteiger partial charge is 0.362 e. The zero-order valence-corrected chi connectivity index (χ0v) is 14.5. The maximum atomic E-state index is 7.85. The van der Waals surface area contributed by atoms with E-state index in [-0.39, 0.29) is 5.84 Å². The van der Waals surface area contributed by atoms with Crippen LogP contribution >= 0.6 is 0 Å². The number of aromatic nitrogens is 3. The highest BCUT2D eigenvalue weighted by molar-refractivity contribution is 5.91. The van der Waals surface area contributed by atoms with Crippen LogP contribution in [0.1, 0.15) is 34.1 Å². The Kier molecular flexibility index (Phi) is 11.5. The van der Waals surface area contributed by atoms with Gasteiger partial charge in [0.15, 0.2) is 0 Å². The molecule has 0 amide bonds. The van der Waals surface area contributed by atoms with Crippen LogP contribution in [0.5, 0.6) is 0 Å². The van der Waals surface area contributed by atoms with Gasteiger partial charge < -0.3 is 5.32 Å². The molecule has 124 valence electrons. The molecule has 5 nitrogen and oxygen atoms in total. The van der Waals surface area contributed by atoms with Gasteiger partial charge in [-0.2, -0.15) is 5.10 Å². The Labute approximate surface area is 139 Å². The van der Waals surface area contributed by atoms with Crippen molar-refractivity contribution in [2.45, 2.75) is 34.1 Å². The van der Waals surface area contributed by atoms with Crippen molar-refractivity contribution in [1.82, 2.24) is 20.1 Å². The van der Waals surface area contributed by atoms with Crippen molar-refractivity contribution in [2.24, 2.45) is 0 Å². The number of hydrogen-bond acceptors (Lipinski definition) is 4. The molecule has 0 radical (unpaired) electrons. The van der Waals surface area contributed by atoms with Gasteiger partial charge in [-0.1, -0.05) is 45.6 Å². The van der Waals surface area contributed by atoms with Gasteiger partial charge in [0.2, 0.25) is 0 Å². The van der Waals surface area contributed by atoms with Gasteiger partial charge in [0.25, 0.3) is 0 Å². The van der Waals surface area contributed by atoms with E-state index in [1.807, 2.05) is 51.3 Å². The lowest BCUT2D eigenvalue weighted by atomic mass is 10.2. The molecule has 2 N–H and O–H groups in total. The number of rotatable bonds is 7. The van der Waals surface area contributed by atoms with Gasteiger partial charge in [-0.05, 0) is 43.3 Å². The second-order valence-electron chi connectivity index (χ2n) is 4.14. The van der Waals surface area contributed by atoms with Crippen LogP contribution in [0.2, 0.25) is 0 Å². The second kappa shape index (κ2) is 13.0. The minimum Gasteiger partial charge on any atom is -0.362 e. The van der Waals surface area contributed by atoms with Gasteiger partial charge in [0.05, 0.1) is 0 Å². The van der Waals surface area contributed by atoms with Crippen LogP contribution in [0.4, 0.5) is 0 Å². The average molecular weight is 313 g/mol. The van der Waals surface area contributed by atoms with E-state index in [0.29, 0.717) is 0 Å². The molecule has 0 aliphatic rings. The molecule has 0 aromatic carbocycles. The van der Waals surface area contributed by atoms with E-state index in [2.05, 4.69) is 28.9 Å². The minimum absolute atomic E-state index is 0.225. The molecule has 0 saturated heterocycles. The van der Waals surface area contributed by atoms with Crippen molar-refractivity contribution in [1.29, 1.82) is 5.41 Å². The maximum Gasteiger partial charge on any atom is 0.147 e. The quantitative estimate of drug-likeness (QED) is 0.450. The summed E-state index contributed by atoms with van der Waals surface area (Å²) < 4.78 is 1.38. The van der Waals surface area contributed by atoms with Crippen LogP contribution in [0, 0.1) is 5.41 Å². The number of hydrogen-bond donors (Lipinski definition) is 2. The zero-order chi connectivity index (χ0) is 17.5. The summed E-state index contributed by atoms with van der Waals surface area (Å²) in [6.45, 7) is 12.0. The third-order valence-electron chi connectivity index (χ3n) is 2.50. The van der Waals surface area contributed by atoms with Crippen molar-refractivity contribution in [2.75, 3.05) is 0 Å². The Balaban J connectivity index is 0.00000232. The summed E-state index contributed by atoms with van der Waals surface area (Å²) in [6.07, 6.45) is 17.0. The minimum atomic E-state index is 0.225. The maximum absolute atomic E-state index is 7.85. The molecule has 0 bridgehead atoms. The van der Waals surface area contributed by atoms with E-state index in [1.54, 1.807) is 12.2 Å². The zero-order valence-electron chi connectivity index (χ0n) is 14.5. The predicted octanol–water partition coefficient (Wildman–Crippen LogP) is 4.22. The lowest BCUT2D eigenvalue weighted by molar-refractivity contribution is 0.928. The number of nitrogens with zero attached hydrogens (tertiary/aromatic N) is 3. The first-order chi connectivity index (χ1) is 11.2. The predicted molar refractivity (Wildman–Crippen MR) is 98.2 cm³/mol. The molecular formula is C18H27N5. The van der Waals surface area contributed by atoms with Crippen LogP contribution < -0.4 is 5.32 Å². The van der Waals surface area contributed by atoms with E-state index in [1.165, 1.54) is 17.3 Å². The van der Waals surface area contributed by atoms with Gasteiger partial charge in [0.1, 0.15) is 18.5 Å². The second-order valence-corrected chi connectivity index (χ2v) is 4.14. The van der Waals surface area contributed by atoms with E-state index >= 15 is 0 Å². The van der Waals surface area contributed by atoms with E-state index in [4.69, 9.17) is 5.41 Å². The molecule has 1 heterocycles. The molecule has 1 aromatic heterocycles. The molecule has 1 aromatic rings. The molecular weight excluding hydrogens is 286 g/mol. The van der Waals surface area contributed by atoms with Crippen LogP contribution in [0.15, 0.2) is 73.2 Å². The topological polar surface area (TPSA) is 66.6 Å². The van der Waals surface area contributed by atoms with Crippen molar-refractivity contribution in [3.8, 4) is 0 Å². The average Bonchev–Trinajstić information content (AvgIpc) is 3.12. The Hall–Kier alpha value is -2.69. The van der Waals surface area contributed by atoms with Gasteiger partial charge in [-0.25, -0.2) is 9.67 Å². The summed E-state index contributed by atoms with van der Waals surface area (Å²) in [5.74, 6) is 0.225. The summed E-state index contributed by atoms with van der Waals surface area (Å²) >= 11 is 0. The first-order valence-corrected chi connectivity index (χ1v) is 7.74. The lowest BCUT2D eigenvalue weighted by Gasteiger charge is -2.06. The lowest BCUT2D eigenvalue weighted by Crippen LogP contribution is -2.09. The summed E-state index contributed by atoms with van der Waals surface area (Å²) in [5.41, 5.74) is 1.65. The summed E-state index contributed by atoms with van der Waals surface area (Å²) in [4.78, 5) is 3.81. The number of allylic oxidation sites excluding steroid dienone is 6. The first kappa shape index (κ1) is 20.3. The van der Waals surface area contributed by atoms with Crippen LogP contribution in [-0.4, -0.2) is 20.6 Å².